The lowest BCUT2D eigenvalue weighted by Crippen LogP contribution is -2.45. The number of guanidine groups is 1. The Morgan fingerprint density at radius 2 is 2.08 bits per heavy atom. The first-order chi connectivity index (χ1) is 11.7. The molecule has 1 fully saturated rings. The standard InChI is InChI=1S/C18H28N4OS.HI/c1-3-17(23)22-12-10-15(14-22)21-18(19-4-2)20-11-13-24-16-8-6-5-7-9-16;/h5-9,15H,3-4,10-14H2,1-2H3,(H2,19,20,21);1H. The summed E-state index contributed by atoms with van der Waals surface area (Å²) in [6.45, 7) is 7.20. The van der Waals surface area contributed by atoms with Crippen LogP contribution in [0.2, 0.25) is 0 Å². The van der Waals surface area contributed by atoms with Gasteiger partial charge in [-0.15, -0.1) is 35.7 Å². The predicted molar refractivity (Wildman–Crippen MR) is 117 cm³/mol. The molecule has 1 aliphatic heterocycles. The first-order valence-electron chi connectivity index (χ1n) is 8.73. The average molecular weight is 476 g/mol. The predicted octanol–water partition coefficient (Wildman–Crippen LogP) is 2.96. The number of nitrogens with zero attached hydrogens (tertiary/aromatic N) is 2. The number of hydrogen-bond acceptors (Lipinski definition) is 3. The van der Waals surface area contributed by atoms with Gasteiger partial charge in [-0.3, -0.25) is 9.79 Å². The van der Waals surface area contributed by atoms with Crippen LogP contribution in [0, 0.1) is 0 Å². The average Bonchev–Trinajstić information content (AvgIpc) is 3.07. The second kappa shape index (κ2) is 12.4. The Morgan fingerprint density at radius 1 is 1.32 bits per heavy atom. The smallest absolute Gasteiger partial charge is 0.222 e. The van der Waals surface area contributed by atoms with Gasteiger partial charge in [0.25, 0.3) is 0 Å². The molecule has 0 bridgehead atoms. The van der Waals surface area contributed by atoms with Gasteiger partial charge in [-0.25, -0.2) is 0 Å². The number of nitrogens with one attached hydrogen (secondary N) is 2. The molecule has 1 unspecified atom stereocenters. The lowest BCUT2D eigenvalue weighted by molar-refractivity contribution is -0.129. The van der Waals surface area contributed by atoms with E-state index in [9.17, 15) is 4.79 Å². The molecule has 1 saturated heterocycles. The third-order valence-corrected chi connectivity index (χ3v) is 4.89. The zero-order valence-corrected chi connectivity index (χ0v) is 18.2. The van der Waals surface area contributed by atoms with Gasteiger partial charge in [0.1, 0.15) is 0 Å². The second-order valence-corrected chi connectivity index (χ2v) is 6.91. The molecule has 1 atom stereocenters. The number of benzene rings is 1. The van der Waals surface area contributed by atoms with E-state index in [-0.39, 0.29) is 29.9 Å². The SMILES string of the molecule is CCNC(=NCCSc1ccccc1)NC1CCN(C(=O)CC)C1.I. The molecule has 2 rings (SSSR count). The summed E-state index contributed by atoms with van der Waals surface area (Å²) in [5.41, 5.74) is 0. The Balaban J connectivity index is 0.00000312. The number of hydrogen-bond donors (Lipinski definition) is 2. The number of amides is 1. The van der Waals surface area contributed by atoms with Gasteiger partial charge in [0, 0.05) is 42.7 Å². The fourth-order valence-corrected chi connectivity index (χ4v) is 3.45. The number of rotatable bonds is 7. The van der Waals surface area contributed by atoms with Crippen LogP contribution in [-0.4, -0.2) is 54.7 Å². The third kappa shape index (κ3) is 7.85. The summed E-state index contributed by atoms with van der Waals surface area (Å²) < 4.78 is 0. The van der Waals surface area contributed by atoms with Gasteiger partial charge in [-0.05, 0) is 25.5 Å². The van der Waals surface area contributed by atoms with Crippen LogP contribution in [0.1, 0.15) is 26.7 Å². The van der Waals surface area contributed by atoms with E-state index in [4.69, 9.17) is 0 Å². The third-order valence-electron chi connectivity index (χ3n) is 3.90. The van der Waals surface area contributed by atoms with Crippen LogP contribution in [0.4, 0.5) is 0 Å². The van der Waals surface area contributed by atoms with Gasteiger partial charge in [0.2, 0.25) is 5.91 Å². The molecule has 1 aliphatic rings. The largest absolute Gasteiger partial charge is 0.357 e. The number of halogens is 1. The van der Waals surface area contributed by atoms with Crippen molar-refractivity contribution in [1.82, 2.24) is 15.5 Å². The van der Waals surface area contributed by atoms with E-state index in [0.717, 1.165) is 44.3 Å². The van der Waals surface area contributed by atoms with E-state index in [2.05, 4.69) is 46.8 Å². The van der Waals surface area contributed by atoms with E-state index < -0.39 is 0 Å². The highest BCUT2D eigenvalue weighted by atomic mass is 127. The molecule has 1 amide bonds. The summed E-state index contributed by atoms with van der Waals surface area (Å²) in [6.07, 6.45) is 1.56. The highest BCUT2D eigenvalue weighted by Gasteiger charge is 2.25. The van der Waals surface area contributed by atoms with Gasteiger partial charge >= 0.3 is 0 Å². The van der Waals surface area contributed by atoms with Crippen LogP contribution >= 0.6 is 35.7 Å². The maximum absolute atomic E-state index is 11.8. The van der Waals surface area contributed by atoms with Crippen LogP contribution in [0.25, 0.3) is 0 Å². The van der Waals surface area contributed by atoms with Crippen LogP contribution in [-0.2, 0) is 4.79 Å². The Bertz CT molecular complexity index is 541. The van der Waals surface area contributed by atoms with Crippen LogP contribution in [0.5, 0.6) is 0 Å². The minimum absolute atomic E-state index is 0. The van der Waals surface area contributed by atoms with Crippen molar-refractivity contribution in [2.45, 2.75) is 37.6 Å². The highest BCUT2D eigenvalue weighted by Crippen LogP contribution is 2.16. The molecule has 0 radical (unpaired) electrons. The van der Waals surface area contributed by atoms with Gasteiger partial charge in [0.15, 0.2) is 5.96 Å². The molecule has 0 saturated carbocycles. The number of aliphatic imine (C=N–C) groups is 1. The summed E-state index contributed by atoms with van der Waals surface area (Å²) >= 11 is 1.81. The maximum atomic E-state index is 11.8. The molecule has 25 heavy (non-hydrogen) atoms. The van der Waals surface area contributed by atoms with E-state index >= 15 is 0 Å². The molecule has 5 nitrogen and oxygen atoms in total. The quantitative estimate of drug-likeness (QED) is 0.209. The number of thioether (sulfide) groups is 1. The normalized spacial score (nSPS) is 17.1. The lowest BCUT2D eigenvalue weighted by atomic mass is 10.3. The van der Waals surface area contributed by atoms with Crippen molar-refractivity contribution < 1.29 is 4.79 Å². The van der Waals surface area contributed by atoms with Crippen molar-refractivity contribution in [2.24, 2.45) is 4.99 Å². The van der Waals surface area contributed by atoms with Crippen LogP contribution < -0.4 is 10.6 Å². The zero-order valence-electron chi connectivity index (χ0n) is 15.0. The highest BCUT2D eigenvalue weighted by molar-refractivity contribution is 14.0. The van der Waals surface area contributed by atoms with Crippen molar-refractivity contribution in [3.63, 3.8) is 0 Å². The molecule has 1 aromatic rings. The summed E-state index contributed by atoms with van der Waals surface area (Å²) in [6, 6.07) is 10.7. The summed E-state index contributed by atoms with van der Waals surface area (Å²) in [7, 11) is 0. The van der Waals surface area contributed by atoms with Crippen molar-refractivity contribution in [2.75, 3.05) is 31.9 Å². The molecule has 0 aliphatic carbocycles. The van der Waals surface area contributed by atoms with E-state index in [1.54, 1.807) is 0 Å². The summed E-state index contributed by atoms with van der Waals surface area (Å²) in [4.78, 5) is 19.6. The van der Waals surface area contributed by atoms with E-state index in [0.29, 0.717) is 12.5 Å². The first-order valence-corrected chi connectivity index (χ1v) is 9.72. The topological polar surface area (TPSA) is 56.7 Å². The first kappa shape index (κ1) is 22.1. The van der Waals surface area contributed by atoms with Gasteiger partial charge in [-0.2, -0.15) is 0 Å². The number of likely N-dealkylation sites (tertiary alicyclic amines) is 1. The van der Waals surface area contributed by atoms with Crippen molar-refractivity contribution in [3.05, 3.63) is 30.3 Å². The fourth-order valence-electron chi connectivity index (χ4n) is 2.68. The summed E-state index contributed by atoms with van der Waals surface area (Å²) in [5.74, 6) is 2.04. The van der Waals surface area contributed by atoms with Gasteiger partial charge < -0.3 is 15.5 Å². The van der Waals surface area contributed by atoms with Crippen LogP contribution in [0.3, 0.4) is 0 Å². The van der Waals surface area contributed by atoms with Crippen molar-refractivity contribution in [1.29, 1.82) is 0 Å². The molecule has 0 aromatic heterocycles. The minimum atomic E-state index is 0. The molecule has 2 N–H and O–H groups in total. The van der Waals surface area contributed by atoms with Crippen LogP contribution in [0.15, 0.2) is 40.2 Å². The Morgan fingerprint density at radius 3 is 2.76 bits per heavy atom. The minimum Gasteiger partial charge on any atom is -0.357 e. The second-order valence-electron chi connectivity index (χ2n) is 5.75. The summed E-state index contributed by atoms with van der Waals surface area (Å²) in [5, 5.41) is 6.75. The van der Waals surface area contributed by atoms with Gasteiger partial charge in [-0.1, -0.05) is 25.1 Å². The van der Waals surface area contributed by atoms with Crippen molar-refractivity contribution >= 4 is 47.6 Å². The molecule has 0 spiro atoms. The van der Waals surface area contributed by atoms with Gasteiger partial charge in [0.05, 0.1) is 6.54 Å². The molecular formula is C18H29IN4OS. The molecule has 1 aromatic carbocycles. The maximum Gasteiger partial charge on any atom is 0.222 e. The van der Waals surface area contributed by atoms with E-state index in [1.165, 1.54) is 4.90 Å². The number of carbonyl (C=O) groups excluding carboxylic acids is 1. The fraction of sp³-hybridized carbons (Fsp3) is 0.556. The molecule has 1 heterocycles. The Kier molecular flexibility index (Phi) is 11.0. The Labute approximate surface area is 172 Å². The number of carbonyl (C=O) groups is 1. The lowest BCUT2D eigenvalue weighted by Gasteiger charge is -2.18. The van der Waals surface area contributed by atoms with Crippen molar-refractivity contribution in [3.8, 4) is 0 Å². The molecule has 140 valence electrons. The zero-order chi connectivity index (χ0) is 17.2. The molecular weight excluding hydrogens is 447 g/mol. The Hall–Kier alpha value is -0.960. The monoisotopic (exact) mass is 476 g/mol. The van der Waals surface area contributed by atoms with E-state index in [1.807, 2.05) is 29.7 Å². The molecule has 7 heteroatoms.